The highest BCUT2D eigenvalue weighted by molar-refractivity contribution is 9.10. The molecular formula is C8H4BrN5S. The maximum atomic E-state index is 5.10. The largest absolute Gasteiger partial charge is 0.222 e. The van der Waals surface area contributed by atoms with E-state index in [1.54, 1.807) is 4.52 Å². The van der Waals surface area contributed by atoms with E-state index in [0.29, 0.717) is 10.4 Å². The van der Waals surface area contributed by atoms with Gasteiger partial charge >= 0.3 is 0 Å². The number of benzene rings is 1. The number of aromatic nitrogens is 5. The zero-order chi connectivity index (χ0) is 10.4. The van der Waals surface area contributed by atoms with Crippen molar-refractivity contribution < 1.29 is 0 Å². The van der Waals surface area contributed by atoms with E-state index in [4.69, 9.17) is 12.2 Å². The fourth-order valence-electron chi connectivity index (χ4n) is 1.45. The van der Waals surface area contributed by atoms with Gasteiger partial charge in [-0.1, -0.05) is 21.1 Å². The van der Waals surface area contributed by atoms with Gasteiger partial charge in [0.05, 0.1) is 5.52 Å². The molecule has 0 atom stereocenters. The minimum Gasteiger partial charge on any atom is -0.218 e. The average molecular weight is 282 g/mol. The predicted octanol–water partition coefficient (Wildman–Crippen LogP) is 2.10. The molecule has 74 valence electrons. The molecule has 3 aromatic rings. The number of aromatic amines is 1. The van der Waals surface area contributed by atoms with Crippen molar-refractivity contribution in [1.29, 1.82) is 0 Å². The highest BCUT2D eigenvalue weighted by Crippen LogP contribution is 2.20. The van der Waals surface area contributed by atoms with Gasteiger partial charge in [-0.15, -0.1) is 5.10 Å². The molecule has 0 saturated carbocycles. The van der Waals surface area contributed by atoms with Crippen molar-refractivity contribution in [2.24, 2.45) is 0 Å². The molecule has 0 unspecified atom stereocenters. The van der Waals surface area contributed by atoms with Gasteiger partial charge < -0.3 is 0 Å². The van der Waals surface area contributed by atoms with Gasteiger partial charge in [-0.25, -0.2) is 4.98 Å². The predicted molar refractivity (Wildman–Crippen MR) is 61.2 cm³/mol. The summed E-state index contributed by atoms with van der Waals surface area (Å²) >= 11 is 8.50. The Morgan fingerprint density at radius 2 is 2.27 bits per heavy atom. The summed E-state index contributed by atoms with van der Waals surface area (Å²) in [6.45, 7) is 0. The van der Waals surface area contributed by atoms with E-state index in [2.05, 4.69) is 36.4 Å². The highest BCUT2D eigenvalue weighted by Gasteiger charge is 2.05. The molecule has 1 N–H and O–H groups in total. The number of rotatable bonds is 0. The number of fused-ring (bicyclic) bond motifs is 3. The molecule has 0 bridgehead atoms. The number of hydrogen-bond acceptors (Lipinski definition) is 4. The molecular weight excluding hydrogens is 278 g/mol. The molecule has 2 aromatic heterocycles. The molecule has 15 heavy (non-hydrogen) atoms. The SMILES string of the molecule is S=c1nc2ccc(Br)cc2c2nn[nH]n12. The summed E-state index contributed by atoms with van der Waals surface area (Å²) in [4.78, 5) is 4.26. The number of halogens is 1. The molecule has 0 fully saturated rings. The van der Waals surface area contributed by atoms with E-state index >= 15 is 0 Å². The molecule has 0 amide bonds. The summed E-state index contributed by atoms with van der Waals surface area (Å²) in [5.74, 6) is 0. The Kier molecular flexibility index (Phi) is 1.83. The van der Waals surface area contributed by atoms with Gasteiger partial charge in [0.2, 0.25) is 4.77 Å². The smallest absolute Gasteiger partial charge is 0.218 e. The van der Waals surface area contributed by atoms with Crippen LogP contribution in [0.25, 0.3) is 16.6 Å². The van der Waals surface area contributed by atoms with Gasteiger partial charge in [0, 0.05) is 9.86 Å². The zero-order valence-electron chi connectivity index (χ0n) is 7.31. The standard InChI is InChI=1S/C8H4BrN5S/c9-4-1-2-6-5(3-4)7-11-12-13-14(7)8(15)10-6/h1-3H,(H,11,13). The second kappa shape index (κ2) is 3.07. The molecule has 0 spiro atoms. The third-order valence-corrected chi connectivity index (χ3v) is 2.88. The topological polar surface area (TPSA) is 58.9 Å². The van der Waals surface area contributed by atoms with E-state index in [1.165, 1.54) is 0 Å². The quantitative estimate of drug-likeness (QED) is 0.641. The van der Waals surface area contributed by atoms with Gasteiger partial charge in [0.25, 0.3) is 0 Å². The number of nitrogens with one attached hydrogen (secondary N) is 1. The van der Waals surface area contributed by atoms with Crippen LogP contribution in [0.15, 0.2) is 22.7 Å². The molecule has 5 nitrogen and oxygen atoms in total. The minimum atomic E-state index is 0.421. The average Bonchev–Trinajstić information content (AvgIpc) is 2.69. The second-order valence-corrected chi connectivity index (χ2v) is 4.30. The van der Waals surface area contributed by atoms with Crippen molar-refractivity contribution in [2.45, 2.75) is 0 Å². The van der Waals surface area contributed by atoms with Crippen LogP contribution in [-0.4, -0.2) is 25.0 Å². The fraction of sp³-hybridized carbons (Fsp3) is 0. The summed E-state index contributed by atoms with van der Waals surface area (Å²) in [7, 11) is 0. The fourth-order valence-corrected chi connectivity index (χ4v) is 2.04. The van der Waals surface area contributed by atoms with Crippen molar-refractivity contribution in [1.82, 2.24) is 25.0 Å². The minimum absolute atomic E-state index is 0.421. The first kappa shape index (κ1) is 8.93. The summed E-state index contributed by atoms with van der Waals surface area (Å²) in [6, 6.07) is 5.75. The summed E-state index contributed by atoms with van der Waals surface area (Å²) < 4.78 is 2.97. The van der Waals surface area contributed by atoms with Crippen LogP contribution in [0.4, 0.5) is 0 Å². The van der Waals surface area contributed by atoms with Crippen LogP contribution < -0.4 is 0 Å². The maximum absolute atomic E-state index is 5.10. The Morgan fingerprint density at radius 3 is 3.13 bits per heavy atom. The lowest BCUT2D eigenvalue weighted by molar-refractivity contribution is 0.803. The van der Waals surface area contributed by atoms with Gasteiger partial charge in [-0.2, -0.15) is 9.73 Å². The first-order valence-corrected chi connectivity index (χ1v) is 5.35. The van der Waals surface area contributed by atoms with Crippen LogP contribution >= 0.6 is 28.1 Å². The molecule has 0 aliphatic carbocycles. The van der Waals surface area contributed by atoms with E-state index in [1.807, 2.05) is 18.2 Å². The Hall–Kier alpha value is -1.34. The van der Waals surface area contributed by atoms with Crippen LogP contribution in [0.1, 0.15) is 0 Å². The lowest BCUT2D eigenvalue weighted by Crippen LogP contribution is -1.94. The van der Waals surface area contributed by atoms with Crippen LogP contribution in [0.5, 0.6) is 0 Å². The highest BCUT2D eigenvalue weighted by atomic mass is 79.9. The van der Waals surface area contributed by atoms with Crippen LogP contribution in [0.3, 0.4) is 0 Å². The van der Waals surface area contributed by atoms with Gasteiger partial charge in [-0.05, 0) is 30.4 Å². The van der Waals surface area contributed by atoms with Crippen molar-refractivity contribution in [3.63, 3.8) is 0 Å². The Labute approximate surface area is 97.2 Å². The van der Waals surface area contributed by atoms with Crippen molar-refractivity contribution in [2.75, 3.05) is 0 Å². The van der Waals surface area contributed by atoms with Gasteiger partial charge in [0.15, 0.2) is 5.65 Å². The van der Waals surface area contributed by atoms with E-state index in [0.717, 1.165) is 15.4 Å². The molecule has 0 radical (unpaired) electrons. The molecule has 0 saturated heterocycles. The number of hydrogen-bond donors (Lipinski definition) is 1. The van der Waals surface area contributed by atoms with E-state index in [-0.39, 0.29) is 0 Å². The van der Waals surface area contributed by atoms with Crippen LogP contribution in [0.2, 0.25) is 0 Å². The second-order valence-electron chi connectivity index (χ2n) is 3.01. The third kappa shape index (κ3) is 1.27. The van der Waals surface area contributed by atoms with Crippen molar-refractivity contribution >= 4 is 44.7 Å². The number of nitrogens with zero attached hydrogens (tertiary/aromatic N) is 4. The van der Waals surface area contributed by atoms with Crippen LogP contribution in [0, 0.1) is 4.77 Å². The first-order chi connectivity index (χ1) is 7.25. The Balaban J connectivity index is 2.67. The summed E-state index contributed by atoms with van der Waals surface area (Å²) in [6.07, 6.45) is 0. The zero-order valence-corrected chi connectivity index (χ0v) is 9.71. The number of tetrazole rings is 1. The molecule has 0 aliphatic rings. The molecule has 7 heteroatoms. The monoisotopic (exact) mass is 281 g/mol. The summed E-state index contributed by atoms with van der Waals surface area (Å²) in [5.41, 5.74) is 1.50. The lowest BCUT2D eigenvalue weighted by atomic mass is 10.2. The Bertz CT molecular complexity index is 716. The molecule has 1 aromatic carbocycles. The van der Waals surface area contributed by atoms with Gasteiger partial charge in [0.1, 0.15) is 0 Å². The van der Waals surface area contributed by atoms with Crippen molar-refractivity contribution in [3.8, 4) is 0 Å². The molecule has 3 rings (SSSR count). The lowest BCUT2D eigenvalue weighted by Gasteiger charge is -1.98. The molecule has 2 heterocycles. The Morgan fingerprint density at radius 1 is 1.40 bits per heavy atom. The van der Waals surface area contributed by atoms with E-state index in [9.17, 15) is 0 Å². The summed E-state index contributed by atoms with van der Waals surface area (Å²) in [5, 5.41) is 11.3. The first-order valence-electron chi connectivity index (χ1n) is 4.15. The maximum Gasteiger partial charge on any atom is 0.222 e. The van der Waals surface area contributed by atoms with Gasteiger partial charge in [-0.3, -0.25) is 0 Å². The van der Waals surface area contributed by atoms with E-state index < -0.39 is 0 Å². The molecule has 0 aliphatic heterocycles. The van der Waals surface area contributed by atoms with Crippen molar-refractivity contribution in [3.05, 3.63) is 27.4 Å². The van der Waals surface area contributed by atoms with Crippen LogP contribution in [-0.2, 0) is 0 Å². The number of H-pyrrole nitrogens is 1. The normalized spacial score (nSPS) is 11.3. The third-order valence-electron chi connectivity index (χ3n) is 2.11.